The van der Waals surface area contributed by atoms with Gasteiger partial charge in [0.2, 0.25) is 0 Å². The van der Waals surface area contributed by atoms with E-state index >= 15 is 0 Å². The molecule has 0 radical (unpaired) electrons. The number of aromatic nitrogens is 1. The van der Waals surface area contributed by atoms with Crippen LogP contribution in [0.2, 0.25) is 5.02 Å². The van der Waals surface area contributed by atoms with E-state index in [-0.39, 0.29) is 16.8 Å². The number of nitrogens with two attached hydrogens (primary N) is 1. The minimum absolute atomic E-state index is 0.0135. The summed E-state index contributed by atoms with van der Waals surface area (Å²) in [5.41, 5.74) is 5.04. The first-order chi connectivity index (χ1) is 10.9. The topological polar surface area (TPSA) is 91.2 Å². The average Bonchev–Trinajstić information content (AvgIpc) is 2.49. The summed E-state index contributed by atoms with van der Waals surface area (Å²) in [6, 6.07) is 7.76. The minimum Gasteiger partial charge on any atom is -0.393 e. The van der Waals surface area contributed by atoms with Crippen molar-refractivity contribution in [2.45, 2.75) is 0 Å². The lowest BCUT2D eigenvalue weighted by Crippen LogP contribution is -2.09. The highest BCUT2D eigenvalue weighted by Crippen LogP contribution is 2.29. The fourth-order valence-corrected chi connectivity index (χ4v) is 2.51. The molecule has 0 bridgehead atoms. The Balaban J connectivity index is 2.36. The molecule has 1 heterocycles. The average molecular weight is 334 g/mol. The third kappa shape index (κ3) is 2.51. The molecule has 0 aliphatic carbocycles. The number of benzene rings is 2. The molecule has 23 heavy (non-hydrogen) atoms. The number of rotatable bonds is 2. The van der Waals surface area contributed by atoms with E-state index in [9.17, 15) is 19.3 Å². The Morgan fingerprint density at radius 3 is 2.65 bits per heavy atom. The van der Waals surface area contributed by atoms with Gasteiger partial charge in [0.05, 0.1) is 22.2 Å². The van der Waals surface area contributed by atoms with Crippen LogP contribution >= 0.6 is 11.6 Å². The number of pyridine rings is 1. The summed E-state index contributed by atoms with van der Waals surface area (Å²) < 4.78 is 15.7. The van der Waals surface area contributed by atoms with Crippen LogP contribution in [0.3, 0.4) is 0 Å². The molecule has 0 saturated heterocycles. The van der Waals surface area contributed by atoms with Gasteiger partial charge in [0.15, 0.2) is 11.2 Å². The fourth-order valence-electron chi connectivity index (χ4n) is 2.35. The van der Waals surface area contributed by atoms with Crippen LogP contribution in [-0.2, 0) is 0 Å². The number of halogens is 2. The van der Waals surface area contributed by atoms with E-state index in [1.54, 1.807) is 6.07 Å². The number of hydrogen-bond acceptors (Lipinski definition) is 4. The smallest absolute Gasteiger partial charge is 0.295 e. The number of anilines is 1. The van der Waals surface area contributed by atoms with Crippen molar-refractivity contribution in [1.29, 1.82) is 0 Å². The molecule has 8 heteroatoms. The van der Waals surface area contributed by atoms with Crippen LogP contribution in [0.25, 0.3) is 16.6 Å². The molecule has 0 unspecified atom stereocenters. The molecule has 2 aromatic carbocycles. The fraction of sp³-hybridized carbons (Fsp3) is 0. The maximum atomic E-state index is 14.3. The number of hydrogen-bond donors (Lipinski definition) is 1. The van der Waals surface area contributed by atoms with Gasteiger partial charge in [-0.2, -0.15) is 0 Å². The quantitative estimate of drug-likeness (QED) is 0.442. The van der Waals surface area contributed by atoms with Gasteiger partial charge in [0, 0.05) is 22.7 Å². The van der Waals surface area contributed by atoms with Gasteiger partial charge in [0.25, 0.3) is 5.69 Å². The maximum Gasteiger partial charge on any atom is 0.295 e. The molecular formula is C15H9ClFN3O3. The van der Waals surface area contributed by atoms with Crippen LogP contribution in [0, 0.1) is 15.9 Å². The standard InChI is InChI=1S/C15H9ClFN3O3/c16-8-1-2-9-12(5-8)19(4-3-15(9)21)13-7-11(18)14(20(22)23)6-10(13)17/h1-7H,18H2. The summed E-state index contributed by atoms with van der Waals surface area (Å²) in [6.07, 6.45) is 1.37. The molecule has 116 valence electrons. The third-order valence-corrected chi connectivity index (χ3v) is 3.65. The first-order valence-electron chi connectivity index (χ1n) is 6.43. The van der Waals surface area contributed by atoms with Gasteiger partial charge >= 0.3 is 0 Å². The van der Waals surface area contributed by atoms with Gasteiger partial charge in [0.1, 0.15) is 5.69 Å². The second-order valence-corrected chi connectivity index (χ2v) is 5.27. The van der Waals surface area contributed by atoms with Crippen LogP contribution < -0.4 is 11.2 Å². The monoisotopic (exact) mass is 333 g/mol. The molecule has 0 atom stereocenters. The van der Waals surface area contributed by atoms with Crippen LogP contribution in [0.5, 0.6) is 0 Å². The molecule has 2 N–H and O–H groups in total. The highest BCUT2D eigenvalue weighted by molar-refractivity contribution is 6.31. The van der Waals surface area contributed by atoms with Gasteiger partial charge in [-0.05, 0) is 24.3 Å². The predicted octanol–water partition coefficient (Wildman–Crippen LogP) is 3.27. The zero-order valence-electron chi connectivity index (χ0n) is 11.5. The number of nitro groups is 1. The molecule has 6 nitrogen and oxygen atoms in total. The molecule has 0 spiro atoms. The highest BCUT2D eigenvalue weighted by Gasteiger charge is 2.18. The largest absolute Gasteiger partial charge is 0.393 e. The number of nitrogens with zero attached hydrogens (tertiary/aromatic N) is 2. The molecule has 0 fully saturated rings. The Bertz CT molecular complexity index is 1020. The van der Waals surface area contributed by atoms with Crippen LogP contribution in [-0.4, -0.2) is 9.49 Å². The lowest BCUT2D eigenvalue weighted by atomic mass is 10.1. The Hall–Kier alpha value is -2.93. The SMILES string of the molecule is Nc1cc(-n2ccc(=O)c3ccc(Cl)cc32)c(F)cc1[N+](=O)[O-]. The van der Waals surface area contributed by atoms with Gasteiger partial charge in [-0.3, -0.25) is 14.9 Å². The third-order valence-electron chi connectivity index (χ3n) is 3.41. The lowest BCUT2D eigenvalue weighted by molar-refractivity contribution is -0.384. The van der Waals surface area contributed by atoms with E-state index in [0.29, 0.717) is 15.9 Å². The van der Waals surface area contributed by atoms with E-state index in [1.807, 2.05) is 0 Å². The summed E-state index contributed by atoms with van der Waals surface area (Å²) in [6.45, 7) is 0. The van der Waals surface area contributed by atoms with Crippen molar-refractivity contribution < 1.29 is 9.31 Å². The van der Waals surface area contributed by atoms with Crippen molar-refractivity contribution in [1.82, 2.24) is 4.57 Å². The number of nitrogen functional groups attached to an aromatic ring is 1. The van der Waals surface area contributed by atoms with E-state index in [2.05, 4.69) is 0 Å². The van der Waals surface area contributed by atoms with Crippen molar-refractivity contribution in [2.24, 2.45) is 0 Å². The summed E-state index contributed by atoms with van der Waals surface area (Å²) in [4.78, 5) is 22.0. The molecule has 0 aliphatic rings. The minimum atomic E-state index is -0.837. The van der Waals surface area contributed by atoms with Crippen molar-refractivity contribution in [3.05, 3.63) is 73.8 Å². The lowest BCUT2D eigenvalue weighted by Gasteiger charge is -2.12. The Labute approximate surface area is 133 Å². The van der Waals surface area contributed by atoms with Crippen LogP contribution in [0.4, 0.5) is 15.8 Å². The molecule has 3 rings (SSSR count). The molecule has 0 saturated carbocycles. The Kier molecular flexibility index (Phi) is 3.49. The van der Waals surface area contributed by atoms with Crippen molar-refractivity contribution in [2.75, 3.05) is 5.73 Å². The molecule has 1 aromatic heterocycles. The van der Waals surface area contributed by atoms with Gasteiger partial charge in [-0.15, -0.1) is 0 Å². The first-order valence-corrected chi connectivity index (χ1v) is 6.81. The first kappa shape index (κ1) is 15.0. The van der Waals surface area contributed by atoms with E-state index in [4.69, 9.17) is 17.3 Å². The highest BCUT2D eigenvalue weighted by atomic mass is 35.5. The second kappa shape index (κ2) is 5.36. The molecular weight excluding hydrogens is 325 g/mol. The zero-order chi connectivity index (χ0) is 16.7. The Morgan fingerprint density at radius 2 is 1.96 bits per heavy atom. The summed E-state index contributed by atoms with van der Waals surface area (Å²) >= 11 is 5.95. The van der Waals surface area contributed by atoms with E-state index < -0.39 is 16.4 Å². The summed E-state index contributed by atoms with van der Waals surface area (Å²) in [5.74, 6) is -0.837. The zero-order valence-corrected chi connectivity index (χ0v) is 12.2. The van der Waals surface area contributed by atoms with Crippen molar-refractivity contribution in [3.63, 3.8) is 0 Å². The van der Waals surface area contributed by atoms with Crippen molar-refractivity contribution >= 4 is 33.9 Å². The number of nitro benzene ring substituents is 1. The maximum absolute atomic E-state index is 14.3. The van der Waals surface area contributed by atoms with Gasteiger partial charge < -0.3 is 10.3 Å². The van der Waals surface area contributed by atoms with Gasteiger partial charge in [-0.25, -0.2) is 4.39 Å². The van der Waals surface area contributed by atoms with E-state index in [0.717, 1.165) is 12.1 Å². The van der Waals surface area contributed by atoms with Crippen LogP contribution in [0.15, 0.2) is 47.4 Å². The molecule has 3 aromatic rings. The normalized spacial score (nSPS) is 10.9. The van der Waals surface area contributed by atoms with E-state index in [1.165, 1.54) is 29.0 Å². The Morgan fingerprint density at radius 1 is 1.22 bits per heavy atom. The summed E-state index contributed by atoms with van der Waals surface area (Å²) in [5, 5.41) is 11.5. The van der Waals surface area contributed by atoms with Crippen LogP contribution in [0.1, 0.15) is 0 Å². The summed E-state index contributed by atoms with van der Waals surface area (Å²) in [7, 11) is 0. The molecule has 0 aliphatic heterocycles. The van der Waals surface area contributed by atoms with Crippen molar-refractivity contribution in [3.8, 4) is 5.69 Å². The second-order valence-electron chi connectivity index (χ2n) is 4.83. The predicted molar refractivity (Wildman–Crippen MR) is 85.6 cm³/mol. The molecule has 0 amide bonds. The number of fused-ring (bicyclic) bond motifs is 1. The van der Waals surface area contributed by atoms with Gasteiger partial charge in [-0.1, -0.05) is 11.6 Å².